The lowest BCUT2D eigenvalue weighted by Crippen LogP contribution is -2.44. The zero-order valence-electron chi connectivity index (χ0n) is 11.2. The Balaban J connectivity index is 2.35. The average molecular weight is 259 g/mol. The summed E-state index contributed by atoms with van der Waals surface area (Å²) < 4.78 is 0. The Bertz CT molecular complexity index is 230. The number of hydrogen-bond acceptors (Lipinski definition) is 4. The van der Waals surface area contributed by atoms with Crippen LogP contribution in [0.4, 0.5) is 0 Å². The standard InChI is InChI=1S/C12H25N3OS/c1-11(10-17-3)14(2)12(16)9-15-7-4-5-13-6-8-15/h11,13H,4-10H2,1-3H3. The molecule has 1 aliphatic heterocycles. The van der Waals surface area contributed by atoms with Crippen LogP contribution in [-0.2, 0) is 4.79 Å². The molecule has 0 radical (unpaired) electrons. The largest absolute Gasteiger partial charge is 0.341 e. The van der Waals surface area contributed by atoms with E-state index in [2.05, 4.69) is 23.4 Å². The van der Waals surface area contributed by atoms with Gasteiger partial charge >= 0.3 is 0 Å². The van der Waals surface area contributed by atoms with Crippen LogP contribution >= 0.6 is 11.8 Å². The second-order valence-electron chi connectivity index (χ2n) is 4.69. The van der Waals surface area contributed by atoms with Crippen LogP contribution in [0.5, 0.6) is 0 Å². The van der Waals surface area contributed by atoms with Crippen molar-refractivity contribution in [2.75, 3.05) is 51.8 Å². The van der Waals surface area contributed by atoms with E-state index in [9.17, 15) is 4.79 Å². The number of nitrogens with zero attached hydrogens (tertiary/aromatic N) is 2. The zero-order valence-corrected chi connectivity index (χ0v) is 12.1. The van der Waals surface area contributed by atoms with Crippen LogP contribution in [0.25, 0.3) is 0 Å². The van der Waals surface area contributed by atoms with Crippen LogP contribution in [-0.4, -0.2) is 73.5 Å². The number of carbonyl (C=O) groups excluding carboxylic acids is 1. The molecule has 1 aliphatic rings. The molecule has 0 aliphatic carbocycles. The van der Waals surface area contributed by atoms with Gasteiger partial charge in [0.1, 0.15) is 0 Å². The molecular weight excluding hydrogens is 234 g/mol. The van der Waals surface area contributed by atoms with Crippen molar-refractivity contribution in [1.82, 2.24) is 15.1 Å². The van der Waals surface area contributed by atoms with Gasteiger partial charge in [0.25, 0.3) is 0 Å². The number of rotatable bonds is 5. The number of thioether (sulfide) groups is 1. The van der Waals surface area contributed by atoms with Gasteiger partial charge in [0.15, 0.2) is 0 Å². The van der Waals surface area contributed by atoms with Gasteiger partial charge in [-0.25, -0.2) is 0 Å². The number of carbonyl (C=O) groups is 1. The molecule has 17 heavy (non-hydrogen) atoms. The first-order valence-electron chi connectivity index (χ1n) is 6.33. The maximum Gasteiger partial charge on any atom is 0.236 e. The predicted molar refractivity (Wildman–Crippen MR) is 74.5 cm³/mol. The lowest BCUT2D eigenvalue weighted by Gasteiger charge is -2.27. The van der Waals surface area contributed by atoms with E-state index in [1.54, 1.807) is 11.8 Å². The first-order chi connectivity index (χ1) is 8.15. The summed E-state index contributed by atoms with van der Waals surface area (Å²) in [5.74, 6) is 1.25. The van der Waals surface area contributed by atoms with E-state index in [1.807, 2.05) is 11.9 Å². The molecule has 1 atom stereocenters. The number of hydrogen-bond donors (Lipinski definition) is 1. The summed E-state index contributed by atoms with van der Waals surface area (Å²) in [7, 11) is 1.92. The minimum absolute atomic E-state index is 0.244. The Morgan fingerprint density at radius 3 is 2.94 bits per heavy atom. The molecule has 0 bridgehead atoms. The third-order valence-corrected chi connectivity index (χ3v) is 4.07. The Kier molecular flexibility index (Phi) is 6.92. The summed E-state index contributed by atoms with van der Waals surface area (Å²) in [6, 6.07) is 0.322. The predicted octanol–water partition coefficient (Wildman–Crippen LogP) is 0.492. The SMILES string of the molecule is CSCC(C)N(C)C(=O)CN1CCCNCC1. The minimum Gasteiger partial charge on any atom is -0.341 e. The molecule has 1 heterocycles. The zero-order chi connectivity index (χ0) is 12.7. The number of nitrogens with one attached hydrogen (secondary N) is 1. The maximum absolute atomic E-state index is 12.1. The van der Waals surface area contributed by atoms with Gasteiger partial charge in [0.2, 0.25) is 5.91 Å². The van der Waals surface area contributed by atoms with Gasteiger partial charge in [-0.1, -0.05) is 0 Å². The fourth-order valence-electron chi connectivity index (χ4n) is 1.96. The molecule has 0 spiro atoms. The molecule has 0 aromatic carbocycles. The molecule has 1 rings (SSSR count). The molecule has 4 nitrogen and oxygen atoms in total. The summed E-state index contributed by atoms with van der Waals surface area (Å²) in [6.07, 6.45) is 3.21. The fraction of sp³-hybridized carbons (Fsp3) is 0.917. The summed E-state index contributed by atoms with van der Waals surface area (Å²) in [6.45, 7) is 6.76. The smallest absolute Gasteiger partial charge is 0.236 e. The van der Waals surface area contributed by atoms with Crippen molar-refractivity contribution in [1.29, 1.82) is 0 Å². The third-order valence-electron chi connectivity index (χ3n) is 3.25. The van der Waals surface area contributed by atoms with E-state index in [1.165, 1.54) is 0 Å². The van der Waals surface area contributed by atoms with E-state index in [0.29, 0.717) is 12.6 Å². The normalized spacial score (nSPS) is 19.7. The van der Waals surface area contributed by atoms with Crippen molar-refractivity contribution in [2.24, 2.45) is 0 Å². The minimum atomic E-state index is 0.244. The van der Waals surface area contributed by atoms with Gasteiger partial charge in [-0.15, -0.1) is 0 Å². The second-order valence-corrected chi connectivity index (χ2v) is 5.60. The van der Waals surface area contributed by atoms with Crippen molar-refractivity contribution in [2.45, 2.75) is 19.4 Å². The van der Waals surface area contributed by atoms with Gasteiger partial charge in [-0.05, 0) is 32.7 Å². The van der Waals surface area contributed by atoms with Gasteiger partial charge < -0.3 is 10.2 Å². The fourth-order valence-corrected chi connectivity index (χ4v) is 2.67. The van der Waals surface area contributed by atoms with Crippen LogP contribution in [0.3, 0.4) is 0 Å². The molecule has 0 aromatic rings. The summed E-state index contributed by atoms with van der Waals surface area (Å²) in [5.41, 5.74) is 0. The van der Waals surface area contributed by atoms with Crippen LogP contribution < -0.4 is 5.32 Å². The average Bonchev–Trinajstić information content (AvgIpc) is 2.57. The maximum atomic E-state index is 12.1. The lowest BCUT2D eigenvalue weighted by atomic mass is 10.3. The van der Waals surface area contributed by atoms with E-state index >= 15 is 0 Å². The van der Waals surface area contributed by atoms with Crippen LogP contribution in [0.1, 0.15) is 13.3 Å². The summed E-state index contributed by atoms with van der Waals surface area (Å²) in [4.78, 5) is 16.2. The van der Waals surface area contributed by atoms with Crippen LogP contribution in [0.15, 0.2) is 0 Å². The highest BCUT2D eigenvalue weighted by atomic mass is 32.2. The molecular formula is C12H25N3OS. The van der Waals surface area contributed by atoms with Gasteiger partial charge in [-0.2, -0.15) is 11.8 Å². The van der Waals surface area contributed by atoms with Crippen molar-refractivity contribution >= 4 is 17.7 Å². The Morgan fingerprint density at radius 1 is 1.47 bits per heavy atom. The highest BCUT2D eigenvalue weighted by molar-refractivity contribution is 7.98. The van der Waals surface area contributed by atoms with Gasteiger partial charge in [0.05, 0.1) is 6.54 Å². The van der Waals surface area contributed by atoms with Crippen molar-refractivity contribution < 1.29 is 4.79 Å². The van der Waals surface area contributed by atoms with Crippen molar-refractivity contribution in [3.05, 3.63) is 0 Å². The van der Waals surface area contributed by atoms with Crippen LogP contribution in [0, 0.1) is 0 Å². The first kappa shape index (κ1) is 14.8. The highest BCUT2D eigenvalue weighted by Gasteiger charge is 2.18. The molecule has 0 saturated carbocycles. The number of likely N-dealkylation sites (N-methyl/N-ethyl adjacent to an activating group) is 1. The molecule has 0 aromatic heterocycles. The monoisotopic (exact) mass is 259 g/mol. The van der Waals surface area contributed by atoms with E-state index < -0.39 is 0 Å². The Morgan fingerprint density at radius 2 is 2.24 bits per heavy atom. The molecule has 1 N–H and O–H groups in total. The Labute approximate surface area is 109 Å². The highest BCUT2D eigenvalue weighted by Crippen LogP contribution is 2.05. The molecule has 1 saturated heterocycles. The molecule has 100 valence electrons. The van der Waals surface area contributed by atoms with E-state index in [-0.39, 0.29) is 5.91 Å². The Hall–Kier alpha value is -0.260. The second kappa shape index (κ2) is 7.95. The first-order valence-corrected chi connectivity index (χ1v) is 7.72. The quantitative estimate of drug-likeness (QED) is 0.779. The summed E-state index contributed by atoms with van der Waals surface area (Å²) in [5, 5.41) is 3.35. The molecule has 1 fully saturated rings. The topological polar surface area (TPSA) is 35.6 Å². The van der Waals surface area contributed by atoms with Gasteiger partial charge in [0, 0.05) is 31.9 Å². The van der Waals surface area contributed by atoms with Crippen LogP contribution in [0.2, 0.25) is 0 Å². The number of amides is 1. The van der Waals surface area contributed by atoms with Gasteiger partial charge in [-0.3, -0.25) is 9.69 Å². The van der Waals surface area contributed by atoms with Crippen molar-refractivity contribution in [3.63, 3.8) is 0 Å². The molecule has 1 unspecified atom stereocenters. The third kappa shape index (κ3) is 5.27. The van der Waals surface area contributed by atoms with E-state index in [4.69, 9.17) is 0 Å². The lowest BCUT2D eigenvalue weighted by molar-refractivity contribution is -0.132. The van der Waals surface area contributed by atoms with Crippen molar-refractivity contribution in [3.8, 4) is 0 Å². The summed E-state index contributed by atoms with van der Waals surface area (Å²) >= 11 is 1.79. The molecule has 5 heteroatoms. The molecule has 1 amide bonds. The van der Waals surface area contributed by atoms with E-state index in [0.717, 1.165) is 38.4 Å².